The summed E-state index contributed by atoms with van der Waals surface area (Å²) in [5.41, 5.74) is 2.66. The Morgan fingerprint density at radius 3 is 2.81 bits per heavy atom. The van der Waals surface area contributed by atoms with Crippen molar-refractivity contribution in [3.63, 3.8) is 0 Å². The topological polar surface area (TPSA) is 58.6 Å². The predicted molar refractivity (Wildman–Crippen MR) is 103 cm³/mol. The normalized spacial score (nSPS) is 26.4. The number of rotatable bonds is 3. The highest BCUT2D eigenvalue weighted by atomic mass is 16.5. The maximum absolute atomic E-state index is 13.1. The lowest BCUT2D eigenvalue weighted by Crippen LogP contribution is -2.48. The Balaban J connectivity index is 1.53. The molecule has 0 saturated carbocycles. The largest absolute Gasteiger partial charge is 0.381 e. The molecular weight excluding hydrogens is 340 g/mol. The average molecular weight is 368 g/mol. The second-order valence-electron chi connectivity index (χ2n) is 8.12. The third kappa shape index (κ3) is 3.41. The molecule has 0 bridgehead atoms. The minimum atomic E-state index is -0.146. The van der Waals surface area contributed by atoms with E-state index >= 15 is 0 Å². The zero-order chi connectivity index (χ0) is 18.9. The smallest absolute Gasteiger partial charge is 0.245 e. The Morgan fingerprint density at radius 1 is 1.26 bits per heavy atom. The van der Waals surface area contributed by atoms with E-state index in [0.717, 1.165) is 45.3 Å². The summed E-state index contributed by atoms with van der Waals surface area (Å²) >= 11 is 0. The summed E-state index contributed by atoms with van der Waals surface area (Å²) in [5, 5.41) is 3.38. The standard InChI is InChI=1S/C22H28N2O3/c1-2-19(25)24-11-5-7-17(15-24)21(26)23-20-18-8-4-3-6-16(18)14-22(20)9-12-27-13-10-22/h2-4,6,8,17,20H,1,5,7,9-15H2,(H,23,26). The number of carbonyl (C=O) groups is 2. The Hall–Kier alpha value is -2.14. The van der Waals surface area contributed by atoms with E-state index in [2.05, 4.69) is 36.2 Å². The molecule has 2 heterocycles. The molecule has 5 nitrogen and oxygen atoms in total. The van der Waals surface area contributed by atoms with Crippen molar-refractivity contribution in [1.29, 1.82) is 0 Å². The maximum atomic E-state index is 13.1. The van der Waals surface area contributed by atoms with Gasteiger partial charge >= 0.3 is 0 Å². The first kappa shape index (κ1) is 18.2. The van der Waals surface area contributed by atoms with Gasteiger partial charge in [-0.25, -0.2) is 0 Å². The van der Waals surface area contributed by atoms with E-state index in [1.807, 2.05) is 0 Å². The number of ether oxygens (including phenoxy) is 1. The third-order valence-electron chi connectivity index (χ3n) is 6.57. The Labute approximate surface area is 160 Å². The number of nitrogens with zero attached hydrogens (tertiary/aromatic N) is 1. The zero-order valence-corrected chi connectivity index (χ0v) is 15.8. The molecule has 1 aliphatic carbocycles. The summed E-state index contributed by atoms with van der Waals surface area (Å²) in [6, 6.07) is 8.51. The summed E-state index contributed by atoms with van der Waals surface area (Å²) in [4.78, 5) is 26.8. The average Bonchev–Trinajstić information content (AvgIpc) is 3.00. The first-order valence-corrected chi connectivity index (χ1v) is 10.0. The van der Waals surface area contributed by atoms with Crippen LogP contribution in [0.4, 0.5) is 0 Å². The van der Waals surface area contributed by atoms with E-state index in [4.69, 9.17) is 4.74 Å². The zero-order valence-electron chi connectivity index (χ0n) is 15.8. The second kappa shape index (κ2) is 7.47. The highest BCUT2D eigenvalue weighted by Crippen LogP contribution is 2.51. The van der Waals surface area contributed by atoms with Crippen molar-refractivity contribution in [1.82, 2.24) is 10.2 Å². The Morgan fingerprint density at radius 2 is 2.04 bits per heavy atom. The van der Waals surface area contributed by atoms with Gasteiger partial charge < -0.3 is 15.0 Å². The number of piperidine rings is 1. The summed E-state index contributed by atoms with van der Waals surface area (Å²) in [7, 11) is 0. The molecule has 1 aromatic rings. The van der Waals surface area contributed by atoms with Crippen LogP contribution in [0.5, 0.6) is 0 Å². The highest BCUT2D eigenvalue weighted by molar-refractivity contribution is 5.88. The van der Waals surface area contributed by atoms with Gasteiger partial charge in [0.1, 0.15) is 0 Å². The van der Waals surface area contributed by atoms with Gasteiger partial charge in [-0.15, -0.1) is 0 Å². The molecule has 3 aliphatic rings. The molecule has 1 aromatic carbocycles. The molecule has 2 fully saturated rings. The number of carbonyl (C=O) groups excluding carboxylic acids is 2. The molecule has 1 N–H and O–H groups in total. The van der Waals surface area contributed by atoms with Gasteiger partial charge in [-0.1, -0.05) is 30.8 Å². The molecule has 144 valence electrons. The molecule has 27 heavy (non-hydrogen) atoms. The van der Waals surface area contributed by atoms with E-state index in [1.165, 1.54) is 17.2 Å². The van der Waals surface area contributed by atoms with E-state index in [1.54, 1.807) is 4.90 Å². The molecule has 0 radical (unpaired) electrons. The molecule has 2 aliphatic heterocycles. The third-order valence-corrected chi connectivity index (χ3v) is 6.57. The van der Waals surface area contributed by atoms with Crippen LogP contribution in [0.3, 0.4) is 0 Å². The van der Waals surface area contributed by atoms with Gasteiger partial charge in [0.2, 0.25) is 11.8 Å². The van der Waals surface area contributed by atoms with E-state index < -0.39 is 0 Å². The molecular formula is C22H28N2O3. The van der Waals surface area contributed by atoms with Gasteiger partial charge in [0.25, 0.3) is 0 Å². The fourth-order valence-electron chi connectivity index (χ4n) is 5.04. The van der Waals surface area contributed by atoms with Crippen LogP contribution >= 0.6 is 0 Å². The number of likely N-dealkylation sites (tertiary alicyclic amines) is 1. The number of hydrogen-bond donors (Lipinski definition) is 1. The summed E-state index contributed by atoms with van der Waals surface area (Å²) in [6.07, 6.45) is 5.97. The quantitative estimate of drug-likeness (QED) is 0.835. The van der Waals surface area contributed by atoms with E-state index in [0.29, 0.717) is 13.1 Å². The van der Waals surface area contributed by atoms with Crippen molar-refractivity contribution >= 4 is 11.8 Å². The molecule has 1 spiro atoms. The molecule has 2 atom stereocenters. The molecule has 4 rings (SSSR count). The minimum Gasteiger partial charge on any atom is -0.381 e. The van der Waals surface area contributed by atoms with Crippen LogP contribution in [0.2, 0.25) is 0 Å². The molecule has 2 amide bonds. The van der Waals surface area contributed by atoms with Crippen LogP contribution in [0.15, 0.2) is 36.9 Å². The van der Waals surface area contributed by atoms with Gasteiger partial charge in [0.05, 0.1) is 12.0 Å². The van der Waals surface area contributed by atoms with Gasteiger partial charge in [-0.3, -0.25) is 9.59 Å². The Bertz CT molecular complexity index is 739. The lowest BCUT2D eigenvalue weighted by atomic mass is 9.74. The van der Waals surface area contributed by atoms with Gasteiger partial charge in [-0.2, -0.15) is 0 Å². The van der Waals surface area contributed by atoms with Gasteiger partial charge in [-0.05, 0) is 49.3 Å². The van der Waals surface area contributed by atoms with E-state index in [-0.39, 0.29) is 29.2 Å². The number of amides is 2. The van der Waals surface area contributed by atoms with Gasteiger partial charge in [0.15, 0.2) is 0 Å². The number of hydrogen-bond acceptors (Lipinski definition) is 3. The van der Waals surface area contributed by atoms with Crippen molar-refractivity contribution in [3.8, 4) is 0 Å². The van der Waals surface area contributed by atoms with Crippen LogP contribution in [0.1, 0.15) is 42.9 Å². The molecule has 5 heteroatoms. The van der Waals surface area contributed by atoms with Crippen LogP contribution in [-0.4, -0.2) is 43.0 Å². The minimum absolute atomic E-state index is 0.0376. The molecule has 2 unspecified atom stereocenters. The fourth-order valence-corrected chi connectivity index (χ4v) is 5.04. The lowest BCUT2D eigenvalue weighted by Gasteiger charge is -2.40. The lowest BCUT2D eigenvalue weighted by molar-refractivity contribution is -0.133. The summed E-state index contributed by atoms with van der Waals surface area (Å²) < 4.78 is 5.61. The van der Waals surface area contributed by atoms with Gasteiger partial charge in [0, 0.05) is 31.7 Å². The number of benzene rings is 1. The first-order valence-electron chi connectivity index (χ1n) is 10.0. The first-order chi connectivity index (χ1) is 13.1. The monoisotopic (exact) mass is 368 g/mol. The summed E-state index contributed by atoms with van der Waals surface area (Å²) in [6.45, 7) is 6.28. The summed E-state index contributed by atoms with van der Waals surface area (Å²) in [5.74, 6) is -0.156. The van der Waals surface area contributed by atoms with Crippen molar-refractivity contribution < 1.29 is 14.3 Å². The predicted octanol–water partition coefficient (Wildman–Crippen LogP) is 2.62. The fraction of sp³-hybridized carbons (Fsp3) is 0.545. The van der Waals surface area contributed by atoms with E-state index in [9.17, 15) is 9.59 Å². The van der Waals surface area contributed by atoms with Crippen LogP contribution in [0, 0.1) is 11.3 Å². The Kier molecular flexibility index (Phi) is 5.04. The SMILES string of the molecule is C=CC(=O)N1CCCC(C(=O)NC2c3ccccc3CC23CCOCC3)C1. The van der Waals surface area contributed by atoms with Crippen LogP contribution in [-0.2, 0) is 20.7 Å². The van der Waals surface area contributed by atoms with Crippen molar-refractivity contribution in [2.75, 3.05) is 26.3 Å². The number of fused-ring (bicyclic) bond motifs is 1. The molecule has 2 saturated heterocycles. The molecule has 0 aromatic heterocycles. The van der Waals surface area contributed by atoms with Crippen molar-refractivity contribution in [2.24, 2.45) is 11.3 Å². The van der Waals surface area contributed by atoms with Crippen molar-refractivity contribution in [3.05, 3.63) is 48.0 Å². The van der Waals surface area contributed by atoms with Crippen LogP contribution < -0.4 is 5.32 Å². The van der Waals surface area contributed by atoms with Crippen LogP contribution in [0.25, 0.3) is 0 Å². The maximum Gasteiger partial charge on any atom is 0.245 e. The highest BCUT2D eigenvalue weighted by Gasteiger charge is 2.48. The van der Waals surface area contributed by atoms with Crippen molar-refractivity contribution in [2.45, 2.75) is 38.1 Å². The second-order valence-corrected chi connectivity index (χ2v) is 8.12. The number of nitrogens with one attached hydrogen (secondary N) is 1.